The fourth-order valence-electron chi connectivity index (χ4n) is 9.17. The van der Waals surface area contributed by atoms with Gasteiger partial charge in [0.25, 0.3) is 21.6 Å². The van der Waals surface area contributed by atoms with Gasteiger partial charge in [-0.1, -0.05) is 43.2 Å². The standard InChI is InChI=1S/C48H55ClN8O7S/c1-48(2)16-12-35(40(29-48)33-4-6-36(49)7-5-33)31-54-19-21-55(22-20-54)37-8-10-39(42(27-37)56-18-3-23-64-47-44(56)26-34-13-17-50-45(34)52-47)46(58)53-65(61,62)38-9-11-41(43(28-38)57(59)60)51-30-32-14-24-63-25-15-32/h4-11,13,17,26-28,32,51H,3,12,14-16,18-25,29-31H2,1-2H3,(H,50,52)(H,53,58)/i3D2,23D2. The highest BCUT2D eigenvalue weighted by molar-refractivity contribution is 7.90. The number of piperazine rings is 1. The van der Waals surface area contributed by atoms with Crippen molar-refractivity contribution in [3.05, 3.63) is 111 Å². The number of sulfonamides is 1. The van der Waals surface area contributed by atoms with Gasteiger partial charge in [0.2, 0.25) is 5.88 Å². The Kier molecular flexibility index (Phi) is 11.4. The number of nitrogens with zero attached hydrogens (tertiary/aromatic N) is 5. The van der Waals surface area contributed by atoms with Crippen molar-refractivity contribution < 1.29 is 33.1 Å². The first kappa shape index (κ1) is 39.7. The number of hydrogen-bond donors (Lipinski definition) is 3. The topological polar surface area (TPSA) is 175 Å². The first-order valence-electron chi connectivity index (χ1n) is 24.0. The number of hydrogen-bond acceptors (Lipinski definition) is 12. The van der Waals surface area contributed by atoms with Crippen LogP contribution in [0.2, 0.25) is 5.02 Å². The summed E-state index contributed by atoms with van der Waals surface area (Å²) in [6.45, 7) is 6.10. The molecule has 0 atom stereocenters. The number of anilines is 4. The minimum absolute atomic E-state index is 0.0620. The smallest absolute Gasteiger partial charge is 0.293 e. The Hall–Kier alpha value is -5.68. The molecule has 17 heteroatoms. The predicted octanol–water partition coefficient (Wildman–Crippen LogP) is 8.79. The predicted molar refractivity (Wildman–Crippen MR) is 254 cm³/mol. The molecule has 2 fully saturated rings. The normalized spacial score (nSPS) is 21.0. The van der Waals surface area contributed by atoms with Gasteiger partial charge in [-0.2, -0.15) is 4.98 Å². The average molecular weight is 928 g/mol. The molecule has 1 aliphatic carbocycles. The summed E-state index contributed by atoms with van der Waals surface area (Å²) in [7, 11) is -4.74. The van der Waals surface area contributed by atoms with Crippen LogP contribution in [0.25, 0.3) is 16.6 Å². The van der Waals surface area contributed by atoms with Crippen LogP contribution in [0.3, 0.4) is 0 Å². The largest absolute Gasteiger partial charge is 0.476 e. The SMILES string of the molecule is [2H]C1([2H])CN(c2cc(N3CCN(CC4=C(c5ccc(Cl)cc5)CC(C)(C)CC4)CC3)ccc2C(=O)NS(=O)(=O)c2ccc(NCC3CCOCC3)c([N+](=O)[O-])c2)c2cc3cc[nH]c3nc2OC1([2H])[2H]. The molecule has 9 rings (SSSR count). The van der Waals surface area contributed by atoms with E-state index in [1.54, 1.807) is 30.5 Å². The lowest BCUT2D eigenvalue weighted by Gasteiger charge is -2.39. The van der Waals surface area contributed by atoms with Gasteiger partial charge in [0.15, 0.2) is 0 Å². The minimum atomic E-state index is -4.74. The highest BCUT2D eigenvalue weighted by atomic mass is 35.5. The molecule has 3 aliphatic heterocycles. The van der Waals surface area contributed by atoms with Crippen LogP contribution in [0.15, 0.2) is 89.5 Å². The molecule has 5 aromatic rings. The number of carbonyl (C=O) groups is 1. The van der Waals surface area contributed by atoms with Crippen LogP contribution in [-0.4, -0.2) is 99.7 Å². The first-order chi connectivity index (χ1) is 32.8. The quantitative estimate of drug-likeness (QED) is 0.0803. The lowest BCUT2D eigenvalue weighted by atomic mass is 9.72. The van der Waals surface area contributed by atoms with Crippen molar-refractivity contribution in [2.45, 2.75) is 57.2 Å². The van der Waals surface area contributed by atoms with E-state index in [4.69, 9.17) is 26.6 Å². The van der Waals surface area contributed by atoms with Crippen molar-refractivity contribution in [1.82, 2.24) is 19.6 Å². The number of fused-ring (bicyclic) bond motifs is 2. The van der Waals surface area contributed by atoms with E-state index in [1.165, 1.54) is 39.8 Å². The number of carbonyl (C=O) groups excluding carboxylic acids is 1. The lowest BCUT2D eigenvalue weighted by Crippen LogP contribution is -2.47. The number of nitro groups is 1. The van der Waals surface area contributed by atoms with E-state index in [-0.39, 0.29) is 39.8 Å². The third-order valence-electron chi connectivity index (χ3n) is 12.9. The molecule has 2 saturated heterocycles. The number of nitrogens with one attached hydrogen (secondary N) is 3. The fourth-order valence-corrected chi connectivity index (χ4v) is 10.3. The Balaban J connectivity index is 1.03. The second-order valence-electron chi connectivity index (χ2n) is 17.9. The van der Waals surface area contributed by atoms with Gasteiger partial charge >= 0.3 is 0 Å². The van der Waals surface area contributed by atoms with Crippen molar-refractivity contribution in [3.8, 4) is 5.88 Å². The fraction of sp³-hybridized carbons (Fsp3) is 0.417. The van der Waals surface area contributed by atoms with E-state index < -0.39 is 50.9 Å². The number of aromatic amines is 1. The maximum absolute atomic E-state index is 14.5. The van der Waals surface area contributed by atoms with Crippen molar-refractivity contribution >= 4 is 72.6 Å². The van der Waals surface area contributed by atoms with Crippen molar-refractivity contribution in [2.24, 2.45) is 11.3 Å². The Bertz CT molecular complexity index is 2920. The van der Waals surface area contributed by atoms with Crippen molar-refractivity contribution in [3.63, 3.8) is 0 Å². The van der Waals surface area contributed by atoms with E-state index in [1.807, 2.05) is 12.1 Å². The molecule has 2 aromatic heterocycles. The van der Waals surface area contributed by atoms with E-state index >= 15 is 0 Å². The highest BCUT2D eigenvalue weighted by Crippen LogP contribution is 2.44. The molecule has 342 valence electrons. The number of nitro benzene ring substituents is 1. The number of allylic oxidation sites excluding steroid dienone is 1. The number of aromatic nitrogens is 2. The molecule has 4 aliphatic rings. The third-order valence-corrected chi connectivity index (χ3v) is 14.5. The number of benzene rings is 3. The van der Waals surface area contributed by atoms with Gasteiger partial charge in [0.1, 0.15) is 17.0 Å². The molecular weight excluding hydrogens is 868 g/mol. The summed E-state index contributed by atoms with van der Waals surface area (Å²) in [6.07, 6.45) is 3.54. The third kappa shape index (κ3) is 9.95. The van der Waals surface area contributed by atoms with Crippen molar-refractivity contribution in [2.75, 3.05) is 80.7 Å². The Morgan fingerprint density at radius 1 is 1.02 bits per heavy atom. The van der Waals surface area contributed by atoms with Gasteiger partial charge < -0.3 is 29.6 Å². The molecule has 1 amide bonds. The molecular formula is C48H55ClN8O7S. The second kappa shape index (κ2) is 18.7. The summed E-state index contributed by atoms with van der Waals surface area (Å²) < 4.78 is 76.5. The zero-order valence-corrected chi connectivity index (χ0v) is 37.9. The molecule has 0 unspecified atom stereocenters. The van der Waals surface area contributed by atoms with Gasteiger partial charge in [-0.15, -0.1) is 0 Å². The Morgan fingerprint density at radius 2 is 1.80 bits per heavy atom. The zero-order chi connectivity index (χ0) is 48.9. The molecule has 0 bridgehead atoms. The van der Waals surface area contributed by atoms with Crippen LogP contribution in [0, 0.1) is 21.4 Å². The number of halogens is 1. The van der Waals surface area contributed by atoms with Gasteiger partial charge in [-0.25, -0.2) is 13.1 Å². The Morgan fingerprint density at radius 3 is 2.57 bits per heavy atom. The van der Waals surface area contributed by atoms with E-state index in [2.05, 4.69) is 55.8 Å². The number of H-pyrrole nitrogens is 1. The number of amides is 1. The summed E-state index contributed by atoms with van der Waals surface area (Å²) in [4.78, 5) is 39.0. The van der Waals surface area contributed by atoms with Crippen LogP contribution >= 0.6 is 11.6 Å². The molecule has 0 radical (unpaired) electrons. The van der Waals surface area contributed by atoms with Gasteiger partial charge in [0.05, 0.1) is 30.4 Å². The number of rotatable bonds is 12. The van der Waals surface area contributed by atoms with Gasteiger partial charge in [-0.3, -0.25) is 19.8 Å². The highest BCUT2D eigenvalue weighted by Gasteiger charge is 2.32. The molecule has 65 heavy (non-hydrogen) atoms. The summed E-state index contributed by atoms with van der Waals surface area (Å²) in [5, 5.41) is 16.6. The van der Waals surface area contributed by atoms with Crippen LogP contribution in [0.1, 0.15) is 73.7 Å². The molecule has 3 aromatic carbocycles. The zero-order valence-electron chi connectivity index (χ0n) is 40.4. The van der Waals surface area contributed by atoms with E-state index in [0.717, 1.165) is 44.7 Å². The van der Waals surface area contributed by atoms with Crippen molar-refractivity contribution in [1.29, 1.82) is 0 Å². The first-order valence-corrected chi connectivity index (χ1v) is 23.8. The minimum Gasteiger partial charge on any atom is -0.476 e. The maximum Gasteiger partial charge on any atom is 0.293 e. The summed E-state index contributed by atoms with van der Waals surface area (Å²) in [6, 6.07) is 19.7. The lowest BCUT2D eigenvalue weighted by molar-refractivity contribution is -0.384. The van der Waals surface area contributed by atoms with E-state index in [9.17, 15) is 23.3 Å². The van der Waals surface area contributed by atoms with Crippen LogP contribution in [0.5, 0.6) is 5.88 Å². The monoisotopic (exact) mass is 926 g/mol. The molecule has 5 heterocycles. The number of pyridine rings is 1. The van der Waals surface area contributed by atoms with Crippen LogP contribution < -0.4 is 24.6 Å². The summed E-state index contributed by atoms with van der Waals surface area (Å²) in [5.74, 6) is -1.12. The molecule has 0 saturated carbocycles. The second-order valence-corrected chi connectivity index (χ2v) is 20.0. The molecule has 15 nitrogen and oxygen atoms in total. The average Bonchev–Trinajstić information content (AvgIpc) is 3.75. The van der Waals surface area contributed by atoms with E-state index in [0.29, 0.717) is 67.7 Å². The summed E-state index contributed by atoms with van der Waals surface area (Å²) in [5.41, 5.74) is 4.81. The summed E-state index contributed by atoms with van der Waals surface area (Å²) >= 11 is 6.26. The van der Waals surface area contributed by atoms with Crippen LogP contribution in [-0.2, 0) is 14.8 Å². The van der Waals surface area contributed by atoms with Crippen LogP contribution in [0.4, 0.5) is 28.4 Å². The van der Waals surface area contributed by atoms with Gasteiger partial charge in [-0.05, 0) is 116 Å². The van der Waals surface area contributed by atoms with Gasteiger partial charge in [0, 0.05) is 90.1 Å². The Labute approximate surface area is 389 Å². The molecule has 3 N–H and O–H groups in total. The number of ether oxygens (including phenoxy) is 2. The maximum atomic E-state index is 14.5. The molecule has 0 spiro atoms.